The van der Waals surface area contributed by atoms with Gasteiger partial charge in [-0.15, -0.1) is 0 Å². The summed E-state index contributed by atoms with van der Waals surface area (Å²) < 4.78 is 1.92. The maximum atomic E-state index is 4.29. The molecule has 1 aromatic heterocycles. The summed E-state index contributed by atoms with van der Waals surface area (Å²) in [5.41, 5.74) is 1.63. The van der Waals surface area contributed by atoms with Crippen LogP contribution in [0.25, 0.3) is 0 Å². The van der Waals surface area contributed by atoms with Crippen LogP contribution in [0.2, 0.25) is 0 Å². The molecule has 2 atom stereocenters. The quantitative estimate of drug-likeness (QED) is 0.904. The van der Waals surface area contributed by atoms with Gasteiger partial charge in [0.2, 0.25) is 0 Å². The number of hydrogen-bond donors (Lipinski definition) is 1. The number of aromatic nitrogens is 2. The molecular formula is C16H29N3. The normalized spacial score (nSPS) is 24.6. The lowest BCUT2D eigenvalue weighted by Crippen LogP contribution is -2.41. The van der Waals surface area contributed by atoms with E-state index in [2.05, 4.69) is 37.4 Å². The van der Waals surface area contributed by atoms with Gasteiger partial charge in [-0.05, 0) is 64.0 Å². The van der Waals surface area contributed by atoms with Crippen LogP contribution in [0.1, 0.15) is 52.0 Å². The minimum atomic E-state index is 0.232. The smallest absolute Gasteiger partial charge is 0.0521 e. The molecule has 1 aliphatic carbocycles. The molecule has 1 heterocycles. The predicted octanol–water partition coefficient (Wildman–Crippen LogP) is 3.16. The van der Waals surface area contributed by atoms with E-state index in [4.69, 9.17) is 0 Å². The van der Waals surface area contributed by atoms with Gasteiger partial charge < -0.3 is 5.32 Å². The zero-order valence-corrected chi connectivity index (χ0v) is 12.9. The van der Waals surface area contributed by atoms with E-state index in [0.29, 0.717) is 0 Å². The van der Waals surface area contributed by atoms with Crippen LogP contribution >= 0.6 is 0 Å². The molecule has 2 rings (SSSR count). The molecule has 1 aromatic rings. The first-order valence-electron chi connectivity index (χ1n) is 7.66. The molecule has 1 aliphatic rings. The molecule has 19 heavy (non-hydrogen) atoms. The van der Waals surface area contributed by atoms with Crippen LogP contribution in [0.4, 0.5) is 0 Å². The molecule has 1 fully saturated rings. The molecule has 3 nitrogen and oxygen atoms in total. The van der Waals surface area contributed by atoms with Crippen molar-refractivity contribution in [1.82, 2.24) is 15.1 Å². The molecule has 3 heteroatoms. The van der Waals surface area contributed by atoms with Gasteiger partial charge in [-0.2, -0.15) is 5.10 Å². The van der Waals surface area contributed by atoms with Gasteiger partial charge in [0.15, 0.2) is 0 Å². The van der Waals surface area contributed by atoms with Crippen molar-refractivity contribution in [3.05, 3.63) is 18.0 Å². The topological polar surface area (TPSA) is 29.9 Å². The molecule has 2 unspecified atom stereocenters. The number of nitrogens with zero attached hydrogens (tertiary/aromatic N) is 2. The highest BCUT2D eigenvalue weighted by molar-refractivity contribution is 5.05. The highest BCUT2D eigenvalue weighted by atomic mass is 15.2. The molecule has 0 saturated heterocycles. The van der Waals surface area contributed by atoms with Crippen molar-refractivity contribution in [3.8, 4) is 0 Å². The average Bonchev–Trinajstić information content (AvgIpc) is 2.73. The van der Waals surface area contributed by atoms with Gasteiger partial charge in [0.25, 0.3) is 0 Å². The summed E-state index contributed by atoms with van der Waals surface area (Å²) in [4.78, 5) is 0. The fraction of sp³-hybridized carbons (Fsp3) is 0.812. The number of aryl methyl sites for hydroxylation is 1. The van der Waals surface area contributed by atoms with Crippen molar-refractivity contribution in [2.24, 2.45) is 18.9 Å². The van der Waals surface area contributed by atoms with Gasteiger partial charge in [-0.25, -0.2) is 0 Å². The van der Waals surface area contributed by atoms with E-state index in [1.807, 2.05) is 17.9 Å². The van der Waals surface area contributed by atoms with Gasteiger partial charge in [0.1, 0.15) is 0 Å². The summed E-state index contributed by atoms with van der Waals surface area (Å²) in [6, 6.07) is 0. The van der Waals surface area contributed by atoms with Gasteiger partial charge in [-0.3, -0.25) is 4.68 Å². The Morgan fingerprint density at radius 3 is 2.53 bits per heavy atom. The Morgan fingerprint density at radius 2 is 1.95 bits per heavy atom. The predicted molar refractivity (Wildman–Crippen MR) is 80.1 cm³/mol. The Balaban J connectivity index is 1.92. The van der Waals surface area contributed by atoms with E-state index < -0.39 is 0 Å². The summed E-state index contributed by atoms with van der Waals surface area (Å²) in [6.07, 6.45) is 11.0. The molecular weight excluding hydrogens is 234 g/mol. The van der Waals surface area contributed by atoms with E-state index in [9.17, 15) is 0 Å². The number of hydrogen-bond acceptors (Lipinski definition) is 2. The molecule has 0 radical (unpaired) electrons. The van der Waals surface area contributed by atoms with Gasteiger partial charge in [0, 0.05) is 18.8 Å². The first-order valence-corrected chi connectivity index (χ1v) is 7.66. The lowest BCUT2D eigenvalue weighted by molar-refractivity contribution is 0.213. The van der Waals surface area contributed by atoms with Gasteiger partial charge in [-0.1, -0.05) is 12.8 Å². The highest BCUT2D eigenvalue weighted by Gasteiger charge is 2.26. The fourth-order valence-electron chi connectivity index (χ4n) is 3.14. The summed E-state index contributed by atoms with van der Waals surface area (Å²) >= 11 is 0. The Bertz CT molecular complexity index is 389. The minimum Gasteiger partial charge on any atom is -0.312 e. The maximum Gasteiger partial charge on any atom is 0.0521 e. The summed E-state index contributed by atoms with van der Waals surface area (Å²) in [5.74, 6) is 1.65. The third-order valence-corrected chi connectivity index (χ3v) is 4.22. The standard InChI is InChI=1S/C16H29N3/c1-16(2,3)17-11-15-8-6-5-7-14(15)9-13-10-18-19(4)12-13/h10,12,14-15,17H,5-9,11H2,1-4H3. The van der Waals surface area contributed by atoms with Gasteiger partial charge >= 0.3 is 0 Å². The van der Waals surface area contributed by atoms with Crippen LogP contribution < -0.4 is 5.32 Å². The molecule has 0 aromatic carbocycles. The Morgan fingerprint density at radius 1 is 1.26 bits per heavy atom. The third kappa shape index (κ3) is 4.64. The van der Waals surface area contributed by atoms with Gasteiger partial charge in [0.05, 0.1) is 6.20 Å². The second-order valence-corrected chi connectivity index (χ2v) is 7.16. The van der Waals surface area contributed by atoms with Crippen LogP contribution in [0, 0.1) is 11.8 Å². The fourth-order valence-corrected chi connectivity index (χ4v) is 3.14. The summed E-state index contributed by atoms with van der Waals surface area (Å²) in [6.45, 7) is 7.93. The van der Waals surface area contributed by atoms with Crippen molar-refractivity contribution in [2.75, 3.05) is 6.54 Å². The SMILES string of the molecule is Cn1cc(CC2CCCCC2CNC(C)(C)C)cn1. The van der Waals surface area contributed by atoms with Crippen LogP contribution in [0.3, 0.4) is 0 Å². The lowest BCUT2D eigenvalue weighted by Gasteiger charge is -2.34. The number of nitrogens with one attached hydrogen (secondary N) is 1. The Labute approximate surface area is 117 Å². The lowest BCUT2D eigenvalue weighted by atomic mass is 9.76. The summed E-state index contributed by atoms with van der Waals surface area (Å²) in [5, 5.41) is 7.99. The van der Waals surface area contributed by atoms with E-state index in [0.717, 1.165) is 18.4 Å². The Hall–Kier alpha value is -0.830. The Kier molecular flexibility index (Phi) is 4.67. The van der Waals surface area contributed by atoms with Crippen LogP contribution in [-0.4, -0.2) is 21.9 Å². The van der Waals surface area contributed by atoms with E-state index in [1.165, 1.54) is 37.7 Å². The molecule has 0 spiro atoms. The molecule has 0 bridgehead atoms. The highest BCUT2D eigenvalue weighted by Crippen LogP contribution is 2.32. The second kappa shape index (κ2) is 6.08. The van der Waals surface area contributed by atoms with E-state index in [-0.39, 0.29) is 5.54 Å². The first kappa shape index (κ1) is 14.6. The van der Waals surface area contributed by atoms with Crippen molar-refractivity contribution in [2.45, 2.75) is 58.4 Å². The van der Waals surface area contributed by atoms with Crippen molar-refractivity contribution in [3.63, 3.8) is 0 Å². The zero-order chi connectivity index (χ0) is 13.9. The second-order valence-electron chi connectivity index (χ2n) is 7.16. The van der Waals surface area contributed by atoms with Crippen LogP contribution in [0.5, 0.6) is 0 Å². The largest absolute Gasteiger partial charge is 0.312 e. The molecule has 108 valence electrons. The average molecular weight is 263 g/mol. The van der Waals surface area contributed by atoms with E-state index >= 15 is 0 Å². The monoisotopic (exact) mass is 263 g/mol. The first-order chi connectivity index (χ1) is 8.94. The molecule has 1 saturated carbocycles. The van der Waals surface area contributed by atoms with Crippen molar-refractivity contribution >= 4 is 0 Å². The van der Waals surface area contributed by atoms with E-state index in [1.54, 1.807) is 0 Å². The molecule has 0 aliphatic heterocycles. The van der Waals surface area contributed by atoms with Crippen LogP contribution in [0.15, 0.2) is 12.4 Å². The van der Waals surface area contributed by atoms with Crippen LogP contribution in [-0.2, 0) is 13.5 Å². The molecule has 0 amide bonds. The number of rotatable bonds is 4. The minimum absolute atomic E-state index is 0.232. The van der Waals surface area contributed by atoms with Crippen molar-refractivity contribution < 1.29 is 0 Å². The molecule has 1 N–H and O–H groups in total. The maximum absolute atomic E-state index is 4.29. The summed E-state index contributed by atoms with van der Waals surface area (Å²) in [7, 11) is 2.00. The van der Waals surface area contributed by atoms with Crippen molar-refractivity contribution in [1.29, 1.82) is 0 Å². The third-order valence-electron chi connectivity index (χ3n) is 4.22. The zero-order valence-electron chi connectivity index (χ0n) is 12.9.